The molecule has 2 aromatic rings. The summed E-state index contributed by atoms with van der Waals surface area (Å²) in [5, 5.41) is 24.1. The minimum atomic E-state index is -1.23. The summed E-state index contributed by atoms with van der Waals surface area (Å²) in [5.74, 6) is -0.838. The number of nitrogens with one attached hydrogen (secondary N) is 1. The second-order valence-corrected chi connectivity index (χ2v) is 11.6. The number of pyridine rings is 1. The fourth-order valence-electron chi connectivity index (χ4n) is 3.47. The number of rotatable bonds is 10. The number of hydrogen-bond acceptors (Lipinski definition) is 13. The number of β-lactam (4-membered cyclic amide) rings is 1. The standard InChI is InChI=1S/C20H21N7O5S4/c1-2-6-33-7-9-10(4-3-5-22-9)35-11-8-34-18-13(17(29)27(18)14(11)19(30)31)23-16(28)12(25-32)15-24-20(21)36-26-15/h3-5,13,18,32H,2,6-8H2,1H3,(H,23,28)(H,30,31)(H2,21,24,26)/b25-12-/t13-,18-/m1/s1. The minimum absolute atomic E-state index is 0.0784. The molecule has 2 atom stereocenters. The molecule has 1 fully saturated rings. The van der Waals surface area contributed by atoms with Crippen molar-refractivity contribution in [2.24, 2.45) is 5.16 Å². The Kier molecular flexibility index (Phi) is 8.38. The van der Waals surface area contributed by atoms with Gasteiger partial charge in [-0.25, -0.2) is 4.79 Å². The van der Waals surface area contributed by atoms with Crippen LogP contribution in [0.5, 0.6) is 0 Å². The van der Waals surface area contributed by atoms with Crippen molar-refractivity contribution in [3.63, 3.8) is 0 Å². The zero-order valence-corrected chi connectivity index (χ0v) is 22.0. The van der Waals surface area contributed by atoms with Crippen molar-refractivity contribution in [3.05, 3.63) is 40.5 Å². The summed E-state index contributed by atoms with van der Waals surface area (Å²) in [4.78, 5) is 48.6. The molecule has 4 rings (SSSR count). The Morgan fingerprint density at radius 2 is 2.22 bits per heavy atom. The monoisotopic (exact) mass is 567 g/mol. The summed E-state index contributed by atoms with van der Waals surface area (Å²) in [6.07, 6.45) is 2.75. The van der Waals surface area contributed by atoms with Gasteiger partial charge < -0.3 is 21.4 Å². The average molecular weight is 568 g/mol. The normalized spacial score (nSPS) is 19.6. The van der Waals surface area contributed by atoms with Gasteiger partial charge >= 0.3 is 5.97 Å². The van der Waals surface area contributed by atoms with Crippen molar-refractivity contribution >= 4 is 75.4 Å². The Morgan fingerprint density at radius 3 is 2.89 bits per heavy atom. The molecule has 0 radical (unpaired) electrons. The van der Waals surface area contributed by atoms with Crippen molar-refractivity contribution < 1.29 is 24.7 Å². The zero-order chi connectivity index (χ0) is 25.8. The van der Waals surface area contributed by atoms with Crippen LogP contribution >= 0.6 is 46.8 Å². The van der Waals surface area contributed by atoms with Gasteiger partial charge in [-0.05, 0) is 24.3 Å². The molecule has 0 bridgehead atoms. The number of anilines is 1. The first-order chi connectivity index (χ1) is 17.3. The summed E-state index contributed by atoms with van der Waals surface area (Å²) in [6, 6.07) is 2.68. The predicted molar refractivity (Wildman–Crippen MR) is 139 cm³/mol. The van der Waals surface area contributed by atoms with E-state index < -0.39 is 34.9 Å². The van der Waals surface area contributed by atoms with Gasteiger partial charge in [0, 0.05) is 39.0 Å². The molecule has 0 aliphatic carbocycles. The molecule has 1 saturated heterocycles. The highest BCUT2D eigenvalue weighted by molar-refractivity contribution is 8.06. The highest BCUT2D eigenvalue weighted by Crippen LogP contribution is 2.45. The molecule has 0 saturated carbocycles. The minimum Gasteiger partial charge on any atom is -0.477 e. The molecule has 2 aliphatic rings. The van der Waals surface area contributed by atoms with E-state index in [9.17, 15) is 24.7 Å². The number of carbonyl (C=O) groups excluding carboxylic acids is 2. The fourth-order valence-corrected chi connectivity index (χ4v) is 7.43. The van der Waals surface area contributed by atoms with Gasteiger partial charge in [-0.1, -0.05) is 23.8 Å². The van der Waals surface area contributed by atoms with Crippen LogP contribution in [0, 0.1) is 0 Å². The summed E-state index contributed by atoms with van der Waals surface area (Å²) < 4.78 is 3.83. The zero-order valence-electron chi connectivity index (χ0n) is 18.8. The third kappa shape index (κ3) is 5.30. The van der Waals surface area contributed by atoms with Crippen molar-refractivity contribution in [2.45, 2.75) is 35.4 Å². The Hall–Kier alpha value is -2.82. The SMILES string of the molecule is CCCSCc1ncccc1SC1=C(C(=O)O)N2C(=O)[C@@H](NC(=O)/C(=N\O)c3nsc(N)n3)[C@H]2SC1. The maximum Gasteiger partial charge on any atom is 0.353 e. The number of amides is 2. The number of nitrogens with two attached hydrogens (primary N) is 1. The Morgan fingerprint density at radius 1 is 1.42 bits per heavy atom. The number of aliphatic carboxylic acids is 1. The van der Waals surface area contributed by atoms with Crippen molar-refractivity contribution in [3.8, 4) is 0 Å². The van der Waals surface area contributed by atoms with Crippen LogP contribution in [-0.2, 0) is 20.1 Å². The van der Waals surface area contributed by atoms with E-state index in [0.29, 0.717) is 16.4 Å². The molecular weight excluding hydrogens is 547 g/mol. The highest BCUT2D eigenvalue weighted by Gasteiger charge is 2.54. The molecule has 36 heavy (non-hydrogen) atoms. The number of aromatic nitrogens is 3. The van der Waals surface area contributed by atoms with Crippen LogP contribution in [-0.4, -0.2) is 76.0 Å². The number of carboxylic acid groups (broad SMARTS) is 1. The summed E-state index contributed by atoms with van der Waals surface area (Å²) >= 11 is 5.20. The second kappa shape index (κ2) is 11.5. The third-order valence-corrected chi connectivity index (χ3v) is 9.42. The molecule has 0 unspecified atom stereocenters. The quantitative estimate of drug-likeness (QED) is 0.107. The lowest BCUT2D eigenvalue weighted by molar-refractivity contribution is -0.150. The van der Waals surface area contributed by atoms with Crippen LogP contribution < -0.4 is 11.1 Å². The smallest absolute Gasteiger partial charge is 0.353 e. The number of hydrogen-bond donors (Lipinski definition) is 4. The molecule has 2 amide bonds. The van der Waals surface area contributed by atoms with Gasteiger partial charge in [0.05, 0.1) is 5.69 Å². The van der Waals surface area contributed by atoms with E-state index >= 15 is 0 Å². The third-order valence-electron chi connectivity index (χ3n) is 5.06. The lowest BCUT2D eigenvalue weighted by atomic mass is 10.0. The maximum atomic E-state index is 13.0. The number of carbonyl (C=O) groups is 3. The molecule has 190 valence electrons. The van der Waals surface area contributed by atoms with Gasteiger partial charge in [-0.3, -0.25) is 19.5 Å². The first-order valence-electron chi connectivity index (χ1n) is 10.6. The van der Waals surface area contributed by atoms with Gasteiger partial charge in [-0.15, -0.1) is 11.8 Å². The number of oxime groups is 1. The van der Waals surface area contributed by atoms with Crippen LogP contribution in [0.1, 0.15) is 24.9 Å². The molecule has 16 heteroatoms. The first kappa shape index (κ1) is 26.2. The summed E-state index contributed by atoms with van der Waals surface area (Å²) in [5.41, 5.74) is 5.77. The number of fused-ring (bicyclic) bond motifs is 1. The molecular formula is C20H21N7O5S4. The van der Waals surface area contributed by atoms with Crippen molar-refractivity contribution in [2.75, 3.05) is 17.2 Å². The topological polar surface area (TPSA) is 184 Å². The Labute approximate surface area is 222 Å². The van der Waals surface area contributed by atoms with Crippen LogP contribution in [0.2, 0.25) is 0 Å². The number of thioether (sulfide) groups is 3. The first-order valence-corrected chi connectivity index (χ1v) is 14.4. The van der Waals surface area contributed by atoms with Gasteiger partial charge in [-0.2, -0.15) is 21.1 Å². The average Bonchev–Trinajstić information content (AvgIpc) is 3.29. The number of carboxylic acids is 1. The number of nitrogens with zero attached hydrogens (tertiary/aromatic N) is 5. The molecule has 0 aromatic carbocycles. The van der Waals surface area contributed by atoms with E-state index in [0.717, 1.165) is 34.3 Å². The van der Waals surface area contributed by atoms with E-state index in [1.807, 2.05) is 6.07 Å². The predicted octanol–water partition coefficient (Wildman–Crippen LogP) is 1.83. The molecule has 4 heterocycles. The molecule has 5 N–H and O–H groups in total. The number of nitrogen functional groups attached to an aromatic ring is 1. The van der Waals surface area contributed by atoms with Crippen LogP contribution in [0.15, 0.2) is 39.0 Å². The van der Waals surface area contributed by atoms with Gasteiger partial charge in [0.2, 0.25) is 11.5 Å². The molecule has 2 aliphatic heterocycles. The van der Waals surface area contributed by atoms with Crippen molar-refractivity contribution in [1.29, 1.82) is 0 Å². The Balaban J connectivity index is 1.51. The lowest BCUT2D eigenvalue weighted by Gasteiger charge is -2.49. The van der Waals surface area contributed by atoms with E-state index in [1.165, 1.54) is 28.4 Å². The van der Waals surface area contributed by atoms with Crippen LogP contribution in [0.3, 0.4) is 0 Å². The Bertz CT molecular complexity index is 1250. The van der Waals surface area contributed by atoms with Crippen LogP contribution in [0.25, 0.3) is 0 Å². The van der Waals surface area contributed by atoms with E-state index in [1.54, 1.807) is 24.0 Å². The fraction of sp³-hybridized carbons (Fsp3) is 0.350. The molecule has 2 aromatic heterocycles. The van der Waals surface area contributed by atoms with Gasteiger partial charge in [0.1, 0.15) is 17.1 Å². The highest BCUT2D eigenvalue weighted by atomic mass is 32.2. The van der Waals surface area contributed by atoms with E-state index in [2.05, 4.69) is 31.7 Å². The maximum absolute atomic E-state index is 13.0. The van der Waals surface area contributed by atoms with Crippen molar-refractivity contribution in [1.82, 2.24) is 24.6 Å². The van der Waals surface area contributed by atoms with E-state index in [-0.39, 0.29) is 16.7 Å². The molecule has 0 spiro atoms. The van der Waals surface area contributed by atoms with Gasteiger partial charge in [0.15, 0.2) is 5.13 Å². The van der Waals surface area contributed by atoms with E-state index in [4.69, 9.17) is 5.73 Å². The summed E-state index contributed by atoms with van der Waals surface area (Å²) in [7, 11) is 0. The molecule has 12 nitrogen and oxygen atoms in total. The summed E-state index contributed by atoms with van der Waals surface area (Å²) in [6.45, 7) is 2.10. The largest absolute Gasteiger partial charge is 0.477 e. The lowest BCUT2D eigenvalue weighted by Crippen LogP contribution is -2.71. The second-order valence-electron chi connectivity index (χ2n) is 7.45. The van der Waals surface area contributed by atoms with Crippen LogP contribution in [0.4, 0.5) is 5.13 Å². The van der Waals surface area contributed by atoms with Gasteiger partial charge in [0.25, 0.3) is 11.8 Å².